The van der Waals surface area contributed by atoms with Gasteiger partial charge in [-0.1, -0.05) is 42.5 Å². The Morgan fingerprint density at radius 1 is 1.00 bits per heavy atom. The van der Waals surface area contributed by atoms with Gasteiger partial charge in [-0.15, -0.1) is 0 Å². The van der Waals surface area contributed by atoms with Gasteiger partial charge < -0.3 is 15.0 Å². The van der Waals surface area contributed by atoms with Gasteiger partial charge in [-0.05, 0) is 54.8 Å². The number of para-hydroxylation sites is 2. The molecule has 5 rings (SSSR count). The minimum atomic E-state index is -4.04. The van der Waals surface area contributed by atoms with Crippen molar-refractivity contribution in [2.24, 2.45) is 0 Å². The lowest BCUT2D eigenvalue weighted by atomic mass is 10.1. The normalized spacial score (nSPS) is 17.3. The van der Waals surface area contributed by atoms with Gasteiger partial charge in [0.2, 0.25) is 6.23 Å². The molecule has 3 aromatic rings. The fourth-order valence-electron chi connectivity index (χ4n) is 5.02. The van der Waals surface area contributed by atoms with Gasteiger partial charge >= 0.3 is 6.03 Å². The van der Waals surface area contributed by atoms with Gasteiger partial charge in [-0.3, -0.25) is 24.0 Å². The number of urea groups is 1. The number of nitrogens with zero attached hydrogens (tertiary/aromatic N) is 3. The third-order valence-corrected chi connectivity index (χ3v) is 8.61. The van der Waals surface area contributed by atoms with Crippen LogP contribution in [0.2, 0.25) is 0 Å². The molecule has 2 unspecified atom stereocenters. The molecule has 5 amide bonds. The van der Waals surface area contributed by atoms with E-state index in [0.717, 1.165) is 10.5 Å². The highest BCUT2D eigenvalue weighted by molar-refractivity contribution is 7.92. The number of carbonyl (C=O) groups is 4. The van der Waals surface area contributed by atoms with Crippen LogP contribution in [0.25, 0.3) is 0 Å². The van der Waals surface area contributed by atoms with E-state index in [4.69, 9.17) is 4.74 Å². The maximum absolute atomic E-state index is 14.0. The van der Waals surface area contributed by atoms with Crippen molar-refractivity contribution in [3.63, 3.8) is 0 Å². The first-order chi connectivity index (χ1) is 20.0. The number of aryl methyl sites for hydroxylation is 1. The Morgan fingerprint density at radius 3 is 2.38 bits per heavy atom. The second-order valence-electron chi connectivity index (χ2n) is 9.90. The highest BCUT2D eigenvalue weighted by Crippen LogP contribution is 2.31. The van der Waals surface area contributed by atoms with Gasteiger partial charge in [0.25, 0.3) is 27.7 Å². The Labute approximate surface area is 242 Å². The first kappa shape index (κ1) is 28.8. The van der Waals surface area contributed by atoms with Crippen molar-refractivity contribution in [1.82, 2.24) is 9.80 Å². The molecule has 42 heavy (non-hydrogen) atoms. The number of ether oxygens (including phenoxy) is 1. The van der Waals surface area contributed by atoms with Crippen LogP contribution in [0.3, 0.4) is 0 Å². The summed E-state index contributed by atoms with van der Waals surface area (Å²) in [5.41, 5.74) is 2.39. The monoisotopic (exact) mass is 591 g/mol. The molecule has 12 nitrogen and oxygen atoms in total. The van der Waals surface area contributed by atoms with E-state index in [0.29, 0.717) is 28.3 Å². The Balaban J connectivity index is 1.49. The maximum Gasteiger partial charge on any atom is 0.330 e. The maximum atomic E-state index is 14.0. The van der Waals surface area contributed by atoms with Crippen LogP contribution in [0.1, 0.15) is 11.1 Å². The molecule has 2 aliphatic heterocycles. The van der Waals surface area contributed by atoms with Crippen molar-refractivity contribution in [3.8, 4) is 0 Å². The van der Waals surface area contributed by atoms with E-state index in [2.05, 4.69) is 10.0 Å². The first-order valence-corrected chi connectivity index (χ1v) is 14.5. The van der Waals surface area contributed by atoms with Crippen LogP contribution in [0.15, 0.2) is 77.7 Å². The van der Waals surface area contributed by atoms with Gasteiger partial charge in [0, 0.05) is 37.8 Å². The number of imide groups is 1. The summed E-state index contributed by atoms with van der Waals surface area (Å²) in [6, 6.07) is 16.8. The smallest absolute Gasteiger partial charge is 0.330 e. The molecule has 0 bridgehead atoms. The molecule has 2 N–H and O–H groups in total. The SMILES string of the molecule is COC1C(=O)N(C(C(=O)Nc2cc(S(=O)(=O)Nc3ccccc3)ccc2C)C(=O)N2CCc3ccccc32)C(=O)N1C. The van der Waals surface area contributed by atoms with Crippen LogP contribution in [-0.2, 0) is 35.6 Å². The molecular weight excluding hydrogens is 562 g/mol. The minimum absolute atomic E-state index is 0.0892. The van der Waals surface area contributed by atoms with Crippen molar-refractivity contribution in [2.75, 3.05) is 35.6 Å². The van der Waals surface area contributed by atoms with Gasteiger partial charge in [0.1, 0.15) is 0 Å². The highest BCUT2D eigenvalue weighted by atomic mass is 32.2. The average Bonchev–Trinajstić information content (AvgIpc) is 3.49. The second kappa shape index (κ2) is 11.3. The van der Waals surface area contributed by atoms with Crippen molar-refractivity contribution in [2.45, 2.75) is 30.5 Å². The summed E-state index contributed by atoms with van der Waals surface area (Å²) in [4.78, 5) is 57.1. The van der Waals surface area contributed by atoms with E-state index in [1.165, 1.54) is 37.3 Å². The predicted molar refractivity (Wildman–Crippen MR) is 154 cm³/mol. The van der Waals surface area contributed by atoms with Gasteiger partial charge in [0.15, 0.2) is 6.04 Å². The number of likely N-dealkylation sites (N-methyl/N-ethyl adjacent to an activating group) is 1. The summed E-state index contributed by atoms with van der Waals surface area (Å²) in [7, 11) is -1.47. The standard InChI is InChI=1S/C29H29N5O7S/c1-18-13-14-21(42(39,40)31-20-10-5-4-6-11-20)17-22(18)30-25(35)24(34-27(37)28(41-3)32(2)29(34)38)26(36)33-16-15-19-9-7-8-12-23(19)33/h4-14,17,24,28,31H,15-16H2,1-3H3,(H,30,35). The minimum Gasteiger partial charge on any atom is -0.353 e. The third kappa shape index (κ3) is 5.19. The summed E-state index contributed by atoms with van der Waals surface area (Å²) in [5.74, 6) is -2.63. The van der Waals surface area contributed by atoms with Crippen LogP contribution >= 0.6 is 0 Å². The van der Waals surface area contributed by atoms with E-state index >= 15 is 0 Å². The lowest BCUT2D eigenvalue weighted by molar-refractivity contribution is -0.146. The van der Waals surface area contributed by atoms with E-state index in [9.17, 15) is 27.6 Å². The number of hydrogen-bond acceptors (Lipinski definition) is 7. The Kier molecular flexibility index (Phi) is 7.71. The molecule has 1 fully saturated rings. The molecule has 2 atom stereocenters. The summed E-state index contributed by atoms with van der Waals surface area (Å²) in [6.45, 7) is 1.89. The topological polar surface area (TPSA) is 145 Å². The number of sulfonamides is 1. The average molecular weight is 592 g/mol. The number of fused-ring (bicyclic) bond motifs is 1. The largest absolute Gasteiger partial charge is 0.353 e. The number of hydrogen-bond donors (Lipinski definition) is 2. The second-order valence-corrected chi connectivity index (χ2v) is 11.6. The third-order valence-electron chi connectivity index (χ3n) is 7.23. The van der Waals surface area contributed by atoms with E-state index in [1.807, 2.05) is 12.1 Å². The van der Waals surface area contributed by atoms with Crippen molar-refractivity contribution >= 4 is 50.8 Å². The van der Waals surface area contributed by atoms with Gasteiger partial charge in [0.05, 0.1) is 4.90 Å². The number of methoxy groups -OCH3 is 1. The molecule has 0 spiro atoms. The summed E-state index contributed by atoms with van der Waals surface area (Å²) in [5, 5.41) is 2.60. The lowest BCUT2D eigenvalue weighted by Gasteiger charge is -2.28. The van der Waals surface area contributed by atoms with E-state index < -0.39 is 46.0 Å². The van der Waals surface area contributed by atoms with E-state index in [1.54, 1.807) is 49.4 Å². The molecule has 0 aromatic heterocycles. The molecule has 3 aromatic carbocycles. The van der Waals surface area contributed by atoms with E-state index in [-0.39, 0.29) is 17.1 Å². The number of anilines is 3. The first-order valence-electron chi connectivity index (χ1n) is 13.0. The zero-order valence-corrected chi connectivity index (χ0v) is 23.9. The molecular formula is C29H29N5O7S. The summed E-state index contributed by atoms with van der Waals surface area (Å²) in [6.07, 6.45) is -0.780. The Hall–Kier alpha value is -4.75. The molecule has 0 radical (unpaired) electrons. The van der Waals surface area contributed by atoms with Crippen LogP contribution in [-0.4, -0.2) is 74.9 Å². The molecule has 0 aliphatic carbocycles. The van der Waals surface area contributed by atoms with Crippen LogP contribution in [0, 0.1) is 6.92 Å². The molecule has 2 aliphatic rings. The molecule has 13 heteroatoms. The fraction of sp³-hybridized carbons (Fsp3) is 0.241. The molecule has 1 saturated heterocycles. The molecule has 0 saturated carbocycles. The fourth-order valence-corrected chi connectivity index (χ4v) is 6.11. The van der Waals surface area contributed by atoms with Crippen molar-refractivity contribution in [1.29, 1.82) is 0 Å². The quantitative estimate of drug-likeness (QED) is 0.303. The van der Waals surface area contributed by atoms with Gasteiger partial charge in [-0.2, -0.15) is 0 Å². The van der Waals surface area contributed by atoms with Crippen molar-refractivity contribution in [3.05, 3.63) is 83.9 Å². The Morgan fingerprint density at radius 2 is 1.69 bits per heavy atom. The summed E-state index contributed by atoms with van der Waals surface area (Å²) >= 11 is 0. The number of benzene rings is 3. The van der Waals surface area contributed by atoms with Crippen molar-refractivity contribution < 1.29 is 32.3 Å². The number of nitrogens with one attached hydrogen (secondary N) is 2. The van der Waals surface area contributed by atoms with Gasteiger partial charge in [-0.25, -0.2) is 18.1 Å². The highest BCUT2D eigenvalue weighted by Gasteiger charge is 2.52. The number of carbonyl (C=O) groups excluding carboxylic acids is 4. The Bertz CT molecular complexity index is 1680. The van der Waals surface area contributed by atoms with Crippen LogP contribution < -0.4 is 14.9 Å². The molecule has 218 valence electrons. The predicted octanol–water partition coefficient (Wildman–Crippen LogP) is 2.56. The zero-order valence-electron chi connectivity index (χ0n) is 23.1. The number of amides is 5. The molecule has 2 heterocycles. The zero-order chi connectivity index (χ0) is 30.2. The number of rotatable bonds is 8. The van der Waals surface area contributed by atoms with Crippen LogP contribution in [0.5, 0.6) is 0 Å². The van der Waals surface area contributed by atoms with Crippen LogP contribution in [0.4, 0.5) is 21.9 Å². The summed E-state index contributed by atoms with van der Waals surface area (Å²) < 4.78 is 33.8. The lowest BCUT2D eigenvalue weighted by Crippen LogP contribution is -2.57.